The lowest BCUT2D eigenvalue weighted by Crippen LogP contribution is -2.42. The molecule has 5 N–H and O–H groups in total. The van der Waals surface area contributed by atoms with Crippen LogP contribution in [0.2, 0.25) is 5.02 Å². The van der Waals surface area contributed by atoms with E-state index in [0.717, 1.165) is 18.4 Å². The number of carbonyl (C=O) groups is 3. The highest BCUT2D eigenvalue weighted by molar-refractivity contribution is 6.36. The number of alkyl halides is 3. The minimum Gasteiger partial charge on any atom is -0.454 e. The lowest BCUT2D eigenvalue weighted by molar-refractivity contribution is -0.154. The molecule has 0 bridgehead atoms. The maximum Gasteiger partial charge on any atom is 0.422 e. The topological polar surface area (TPSA) is 167 Å². The molecule has 1 unspecified atom stereocenters. The van der Waals surface area contributed by atoms with E-state index in [4.69, 9.17) is 16.3 Å². The first-order valence-corrected chi connectivity index (χ1v) is 15.5. The molecule has 1 aliphatic carbocycles. The average Bonchev–Trinajstić information content (AvgIpc) is 3.86. The summed E-state index contributed by atoms with van der Waals surface area (Å²) in [6.07, 6.45) is -4.64. The van der Waals surface area contributed by atoms with E-state index in [0.29, 0.717) is 16.3 Å². The Morgan fingerprint density at radius 1 is 0.880 bits per heavy atom. The number of carbonyl (C=O) groups excluding carboxylic acids is 3. The summed E-state index contributed by atoms with van der Waals surface area (Å²) >= 11 is 6.01. The third kappa shape index (κ3) is 10.3. The van der Waals surface area contributed by atoms with Gasteiger partial charge in [-0.05, 0) is 72.5 Å². The number of aliphatic hydroxyl groups excluding tert-OH is 1. The first-order chi connectivity index (χ1) is 23.8. The van der Waals surface area contributed by atoms with Gasteiger partial charge in [0.1, 0.15) is 5.82 Å². The summed E-state index contributed by atoms with van der Waals surface area (Å²) < 4.78 is 56.5. The Morgan fingerprint density at radius 2 is 1.52 bits per heavy atom. The van der Waals surface area contributed by atoms with Gasteiger partial charge in [-0.25, -0.2) is 4.39 Å². The zero-order chi connectivity index (χ0) is 35.9. The molecule has 12 nitrogen and oxygen atoms in total. The van der Waals surface area contributed by atoms with Gasteiger partial charge in [0.05, 0.1) is 11.6 Å². The molecule has 262 valence electrons. The van der Waals surface area contributed by atoms with Crippen LogP contribution >= 0.6 is 11.6 Å². The summed E-state index contributed by atoms with van der Waals surface area (Å²) in [5.74, 6) is -2.88. The monoisotopic (exact) mass is 715 g/mol. The predicted molar refractivity (Wildman–Crippen MR) is 174 cm³/mol. The number of ketones is 1. The highest BCUT2D eigenvalue weighted by atomic mass is 35.5. The maximum absolute atomic E-state index is 13.0. The number of benzene rings is 3. The van der Waals surface area contributed by atoms with Crippen LogP contribution in [-0.2, 0) is 21.5 Å². The summed E-state index contributed by atoms with van der Waals surface area (Å²) in [6.45, 7) is -2.17. The zero-order valence-corrected chi connectivity index (χ0v) is 26.8. The largest absolute Gasteiger partial charge is 0.454 e. The molecular formula is C33H30ClF4N7O5. The van der Waals surface area contributed by atoms with Crippen LogP contribution in [0.4, 0.5) is 35.1 Å². The normalized spacial score (nSPS) is 13.9. The van der Waals surface area contributed by atoms with E-state index in [9.17, 15) is 37.1 Å². The quantitative estimate of drug-likeness (QED) is 0.0876. The van der Waals surface area contributed by atoms with Crippen molar-refractivity contribution in [2.45, 2.75) is 37.1 Å². The van der Waals surface area contributed by atoms with Crippen molar-refractivity contribution in [2.75, 3.05) is 30.3 Å². The Hall–Kier alpha value is -5.35. The van der Waals surface area contributed by atoms with Gasteiger partial charge in [-0.15, -0.1) is 0 Å². The number of nitrogens with one attached hydrogen (secondary N) is 4. The van der Waals surface area contributed by atoms with Crippen molar-refractivity contribution in [1.82, 2.24) is 25.6 Å². The molecule has 1 aromatic heterocycles. The second-order valence-corrected chi connectivity index (χ2v) is 11.8. The van der Waals surface area contributed by atoms with Crippen molar-refractivity contribution in [3.05, 3.63) is 100 Å². The zero-order valence-electron chi connectivity index (χ0n) is 26.1. The molecule has 2 amide bonds. The van der Waals surface area contributed by atoms with Crippen LogP contribution in [0.15, 0.2) is 72.8 Å². The first-order valence-electron chi connectivity index (χ1n) is 15.2. The molecule has 0 spiro atoms. The highest BCUT2D eigenvalue weighted by Crippen LogP contribution is 2.48. The van der Waals surface area contributed by atoms with Crippen LogP contribution < -0.4 is 26.0 Å². The molecule has 0 saturated heterocycles. The number of nitrogens with zero attached hydrogens (tertiary/aromatic N) is 3. The fraction of sp³-hybridized carbons (Fsp3) is 0.273. The molecule has 4 aromatic rings. The van der Waals surface area contributed by atoms with Crippen LogP contribution in [0.25, 0.3) is 0 Å². The molecule has 17 heteroatoms. The lowest BCUT2D eigenvalue weighted by Gasteiger charge is -2.19. The Labute approximate surface area is 287 Å². The van der Waals surface area contributed by atoms with Crippen molar-refractivity contribution in [3.8, 4) is 6.01 Å². The van der Waals surface area contributed by atoms with Crippen molar-refractivity contribution >= 4 is 46.8 Å². The standard InChI is InChI=1S/C33H30ClF4N7O5/c34-22-7-5-21(6-8-22)32(13-14-32)45-30-42-29(43-31(44-30)50-18-33(36,37)38)41-24-11-3-20(4-12-24)27(48)39-16-25(46)17-40-28(49)26(47)15-19-1-9-23(35)10-2-19/h1-12,25,46H,13-18H2,(H,39,48)(H,40,49)(H2,41,42,43,44,45). The Bertz CT molecular complexity index is 1820. The first kappa shape index (κ1) is 35.9. The third-order valence-corrected chi connectivity index (χ3v) is 7.66. The van der Waals surface area contributed by atoms with Crippen molar-refractivity contribution in [1.29, 1.82) is 0 Å². The van der Waals surface area contributed by atoms with E-state index in [1.807, 2.05) is 12.1 Å². The van der Waals surface area contributed by atoms with Crippen molar-refractivity contribution in [2.24, 2.45) is 0 Å². The van der Waals surface area contributed by atoms with Crippen LogP contribution in [0.5, 0.6) is 6.01 Å². The Balaban J connectivity index is 1.15. The van der Waals surface area contributed by atoms with Crippen molar-refractivity contribution in [3.63, 3.8) is 0 Å². The summed E-state index contributed by atoms with van der Waals surface area (Å²) in [4.78, 5) is 49.1. The summed E-state index contributed by atoms with van der Waals surface area (Å²) in [5.41, 5.74) is 1.39. The number of amides is 2. The van der Waals surface area contributed by atoms with Crippen LogP contribution in [-0.4, -0.2) is 69.6 Å². The number of rotatable bonds is 15. The van der Waals surface area contributed by atoms with Gasteiger partial charge >= 0.3 is 12.2 Å². The minimum absolute atomic E-state index is 0.0184. The van der Waals surface area contributed by atoms with E-state index in [1.54, 1.807) is 12.1 Å². The van der Waals surface area contributed by atoms with Gasteiger partial charge in [0.25, 0.3) is 11.8 Å². The molecule has 1 aliphatic rings. The number of Topliss-reactive ketones (excluding diaryl/α,β-unsaturated/α-hetero) is 1. The van der Waals surface area contributed by atoms with Gasteiger partial charge in [0, 0.05) is 35.8 Å². The molecule has 1 atom stereocenters. The number of anilines is 3. The molecule has 5 rings (SSSR count). The van der Waals surface area contributed by atoms with Gasteiger partial charge in [0.2, 0.25) is 17.7 Å². The number of halogens is 5. The van der Waals surface area contributed by atoms with Gasteiger partial charge in [0.15, 0.2) is 6.61 Å². The summed E-state index contributed by atoms with van der Waals surface area (Å²) in [6, 6.07) is 17.6. The molecule has 3 aromatic carbocycles. The lowest BCUT2D eigenvalue weighted by atomic mass is 10.1. The van der Waals surface area contributed by atoms with Crippen LogP contribution in [0.3, 0.4) is 0 Å². The molecule has 50 heavy (non-hydrogen) atoms. The van der Waals surface area contributed by atoms with E-state index < -0.39 is 53.9 Å². The third-order valence-electron chi connectivity index (χ3n) is 7.41. The van der Waals surface area contributed by atoms with Crippen LogP contribution in [0.1, 0.15) is 34.3 Å². The minimum atomic E-state index is -4.62. The summed E-state index contributed by atoms with van der Waals surface area (Å²) in [7, 11) is 0. The maximum atomic E-state index is 13.0. The van der Waals surface area contributed by atoms with E-state index in [2.05, 4.69) is 36.2 Å². The number of hydrogen-bond acceptors (Lipinski definition) is 10. The number of aromatic nitrogens is 3. The Kier molecular flexibility index (Phi) is 11.1. The molecule has 0 aliphatic heterocycles. The molecule has 1 fully saturated rings. The van der Waals surface area contributed by atoms with Gasteiger partial charge in [-0.3, -0.25) is 14.4 Å². The Morgan fingerprint density at radius 3 is 2.16 bits per heavy atom. The van der Waals surface area contributed by atoms with Crippen molar-refractivity contribution < 1.29 is 41.8 Å². The smallest absolute Gasteiger partial charge is 0.422 e. The second kappa shape index (κ2) is 15.5. The average molecular weight is 716 g/mol. The van der Waals surface area contributed by atoms with Gasteiger partial charge in [-0.1, -0.05) is 35.9 Å². The van der Waals surface area contributed by atoms with Crippen LogP contribution in [0, 0.1) is 5.82 Å². The number of aliphatic hydroxyl groups is 1. The molecule has 1 heterocycles. The van der Waals surface area contributed by atoms with E-state index in [-0.39, 0.29) is 37.0 Å². The van der Waals surface area contributed by atoms with Gasteiger partial charge < -0.3 is 31.1 Å². The van der Waals surface area contributed by atoms with Gasteiger partial charge in [-0.2, -0.15) is 28.1 Å². The molecule has 1 saturated carbocycles. The second-order valence-electron chi connectivity index (χ2n) is 11.4. The SMILES string of the molecule is O=C(Cc1ccc(F)cc1)C(=O)NCC(O)CNC(=O)c1ccc(Nc2nc(NC3(c4ccc(Cl)cc4)CC3)nc(OCC(F)(F)F)n2)cc1. The predicted octanol–water partition coefficient (Wildman–Crippen LogP) is 4.47. The fourth-order valence-electron chi connectivity index (χ4n) is 4.67. The number of hydrogen-bond donors (Lipinski definition) is 5. The summed E-state index contributed by atoms with van der Waals surface area (Å²) in [5, 5.41) is 21.6. The molecule has 0 radical (unpaired) electrons. The van der Waals surface area contributed by atoms with E-state index >= 15 is 0 Å². The van der Waals surface area contributed by atoms with E-state index in [1.165, 1.54) is 48.5 Å². The fourth-order valence-corrected chi connectivity index (χ4v) is 4.79. The number of ether oxygens (including phenoxy) is 1. The molecular weight excluding hydrogens is 686 g/mol. The highest BCUT2D eigenvalue weighted by Gasteiger charge is 2.45.